The number of hydrogen-bond donors (Lipinski definition) is 0. The van der Waals surface area contributed by atoms with Gasteiger partial charge in [0.1, 0.15) is 18.3 Å². The predicted molar refractivity (Wildman–Crippen MR) is 136 cm³/mol. The van der Waals surface area contributed by atoms with Gasteiger partial charge in [0.05, 0.1) is 18.2 Å². The van der Waals surface area contributed by atoms with Crippen molar-refractivity contribution < 1.29 is 22.7 Å². The lowest BCUT2D eigenvalue weighted by atomic mass is 9.92. The van der Waals surface area contributed by atoms with Gasteiger partial charge in [-0.3, -0.25) is 0 Å². The van der Waals surface area contributed by atoms with Gasteiger partial charge in [0, 0.05) is 13.0 Å². The molecule has 0 amide bonds. The second-order valence-electron chi connectivity index (χ2n) is 11.9. The molecular weight excluding hydrogens is 482 g/mol. The topological polar surface area (TPSA) is 69.6 Å². The highest BCUT2D eigenvalue weighted by atomic mass is 28.4. The number of aromatic nitrogens is 3. The maximum atomic E-state index is 14.4. The van der Waals surface area contributed by atoms with Gasteiger partial charge in [0.15, 0.2) is 25.7 Å². The van der Waals surface area contributed by atoms with E-state index < -0.39 is 31.8 Å². The van der Waals surface area contributed by atoms with Crippen LogP contribution in [0.4, 0.5) is 14.7 Å². The van der Waals surface area contributed by atoms with Crippen LogP contribution >= 0.6 is 0 Å². The van der Waals surface area contributed by atoms with Gasteiger partial charge in [-0.2, -0.15) is 4.98 Å². The maximum Gasteiger partial charge on any atom is 0.228 e. The van der Waals surface area contributed by atoms with Gasteiger partial charge in [-0.25, -0.2) is 18.7 Å². The summed E-state index contributed by atoms with van der Waals surface area (Å²) in [5.41, 5.74) is 0.607. The predicted octanol–water partition coefficient (Wildman–Crippen LogP) is 5.57. The van der Waals surface area contributed by atoms with Gasteiger partial charge in [-0.15, -0.1) is 0 Å². The molecule has 1 aliphatic heterocycles. The Kier molecular flexibility index (Phi) is 7.04. The minimum Gasteiger partial charge on any atom is -0.410 e. The molecule has 7 nitrogen and oxygen atoms in total. The second kappa shape index (κ2) is 9.38. The quantitative estimate of drug-likeness (QED) is 0.462. The first-order valence-electron chi connectivity index (χ1n) is 12.5. The van der Waals surface area contributed by atoms with Crippen LogP contribution in [0.25, 0.3) is 0 Å². The fourth-order valence-electron chi connectivity index (χ4n) is 4.94. The summed E-state index contributed by atoms with van der Waals surface area (Å²) in [5.74, 6) is -1.54. The van der Waals surface area contributed by atoms with Gasteiger partial charge >= 0.3 is 0 Å². The number of aryl methyl sites for hydroxylation is 1. The largest absolute Gasteiger partial charge is 0.410 e. The van der Waals surface area contributed by atoms with E-state index in [0.29, 0.717) is 23.8 Å². The summed E-state index contributed by atoms with van der Waals surface area (Å²) < 4.78 is 48.1. The Morgan fingerprint density at radius 3 is 2.39 bits per heavy atom. The lowest BCUT2D eigenvalue weighted by Gasteiger charge is -2.42. The van der Waals surface area contributed by atoms with Gasteiger partial charge < -0.3 is 18.8 Å². The SMILES string of the molecule is Cc1ncnc(N(C)[C@@H]2C[C@H](C(O[Si](C)(C)C(C)(C)C)c3ccc(F)c(F)c3)[C@H]3OC(C)(C)O[C@H]32)n1. The van der Waals surface area contributed by atoms with Crippen LogP contribution in [-0.4, -0.2) is 54.4 Å². The third-order valence-electron chi connectivity index (χ3n) is 7.86. The minimum atomic E-state index is -2.31. The molecule has 1 unspecified atom stereocenters. The van der Waals surface area contributed by atoms with Crippen LogP contribution < -0.4 is 4.90 Å². The molecular formula is C26H38F2N4O3Si. The average Bonchev–Trinajstić information content (AvgIpc) is 3.25. The molecule has 10 heteroatoms. The fourth-order valence-corrected chi connectivity index (χ4v) is 6.24. The molecule has 36 heavy (non-hydrogen) atoms. The molecule has 0 spiro atoms. The molecule has 1 aromatic carbocycles. The smallest absolute Gasteiger partial charge is 0.228 e. The Balaban J connectivity index is 1.76. The Bertz CT molecular complexity index is 1110. The zero-order chi connectivity index (χ0) is 26.6. The van der Waals surface area contributed by atoms with Crippen LogP contribution in [0.2, 0.25) is 18.1 Å². The molecule has 2 aromatic rings. The van der Waals surface area contributed by atoms with E-state index in [-0.39, 0.29) is 29.2 Å². The van der Waals surface area contributed by atoms with Crippen molar-refractivity contribution in [1.29, 1.82) is 0 Å². The second-order valence-corrected chi connectivity index (χ2v) is 16.7. The van der Waals surface area contributed by atoms with Gasteiger partial charge in [-0.1, -0.05) is 26.8 Å². The van der Waals surface area contributed by atoms with Crippen molar-refractivity contribution in [2.45, 2.75) is 96.2 Å². The van der Waals surface area contributed by atoms with Crippen LogP contribution in [0.3, 0.4) is 0 Å². The third-order valence-corrected chi connectivity index (χ3v) is 12.3. The van der Waals surface area contributed by atoms with Crippen molar-refractivity contribution in [3.8, 4) is 0 Å². The molecule has 198 valence electrons. The highest BCUT2D eigenvalue weighted by molar-refractivity contribution is 6.74. The molecule has 2 aliphatic rings. The lowest BCUT2D eigenvalue weighted by molar-refractivity contribution is -0.162. The van der Waals surface area contributed by atoms with E-state index in [4.69, 9.17) is 13.9 Å². The summed E-state index contributed by atoms with van der Waals surface area (Å²) in [6.07, 6.45) is 1.06. The number of rotatable bonds is 6. The summed E-state index contributed by atoms with van der Waals surface area (Å²) in [6.45, 7) is 16.4. The first-order valence-corrected chi connectivity index (χ1v) is 15.4. The van der Waals surface area contributed by atoms with Crippen molar-refractivity contribution in [1.82, 2.24) is 15.0 Å². The first kappa shape index (κ1) is 27.0. The molecule has 2 heterocycles. The summed E-state index contributed by atoms with van der Waals surface area (Å²) >= 11 is 0. The number of likely N-dealkylation sites (N-methyl/N-ethyl adjacent to an activating group) is 1. The molecule has 1 saturated carbocycles. The summed E-state index contributed by atoms with van der Waals surface area (Å²) in [5, 5.41) is -0.0767. The van der Waals surface area contributed by atoms with Crippen LogP contribution in [0, 0.1) is 24.5 Å². The number of hydrogen-bond acceptors (Lipinski definition) is 7. The monoisotopic (exact) mass is 520 g/mol. The molecule has 1 saturated heterocycles. The van der Waals surface area contributed by atoms with E-state index in [1.807, 2.05) is 32.7 Å². The summed E-state index contributed by atoms with van der Waals surface area (Å²) in [4.78, 5) is 15.0. The van der Waals surface area contributed by atoms with Crippen molar-refractivity contribution in [2.75, 3.05) is 11.9 Å². The van der Waals surface area contributed by atoms with E-state index in [9.17, 15) is 8.78 Å². The van der Waals surface area contributed by atoms with Gasteiger partial charge in [-0.05, 0) is 63.0 Å². The maximum absolute atomic E-state index is 14.4. The Labute approximate surface area is 213 Å². The van der Waals surface area contributed by atoms with Crippen LogP contribution in [0.1, 0.15) is 58.5 Å². The van der Waals surface area contributed by atoms with Crippen LogP contribution in [-0.2, 0) is 13.9 Å². The summed E-state index contributed by atoms with van der Waals surface area (Å²) in [7, 11) is -0.369. The number of fused-ring (bicyclic) bond motifs is 1. The number of benzene rings is 1. The van der Waals surface area contributed by atoms with E-state index >= 15 is 0 Å². The van der Waals surface area contributed by atoms with Crippen LogP contribution in [0.5, 0.6) is 0 Å². The standard InChI is InChI=1S/C26H38F2N4O3Si/c1-15-29-14-30-24(31-15)32(7)20-13-17(22-23(20)34-26(5,6)33-22)21(35-36(8,9)25(2,3)4)16-10-11-18(27)19(28)12-16/h10-12,14,17,20-23H,13H2,1-9H3/t17-,20-,21?,22-,23+/m1/s1. The van der Waals surface area contributed by atoms with E-state index in [0.717, 1.165) is 0 Å². The van der Waals surface area contributed by atoms with E-state index in [2.05, 4.69) is 48.8 Å². The van der Waals surface area contributed by atoms with E-state index in [1.165, 1.54) is 18.5 Å². The Morgan fingerprint density at radius 2 is 1.78 bits per heavy atom. The molecule has 1 aliphatic carbocycles. The molecule has 1 aromatic heterocycles. The zero-order valence-electron chi connectivity index (χ0n) is 22.7. The molecule has 0 N–H and O–H groups in total. The molecule has 4 rings (SSSR count). The van der Waals surface area contributed by atoms with Crippen LogP contribution in [0.15, 0.2) is 24.5 Å². The third kappa shape index (κ3) is 5.18. The van der Waals surface area contributed by atoms with Crippen molar-refractivity contribution in [3.05, 3.63) is 47.5 Å². The molecule has 2 fully saturated rings. The number of anilines is 1. The van der Waals surface area contributed by atoms with Crippen molar-refractivity contribution >= 4 is 14.3 Å². The first-order chi connectivity index (χ1) is 16.6. The number of halogens is 2. The number of ether oxygens (including phenoxy) is 2. The minimum absolute atomic E-state index is 0.0767. The van der Waals surface area contributed by atoms with Gasteiger partial charge in [0.2, 0.25) is 5.95 Å². The average molecular weight is 521 g/mol. The molecule has 0 bridgehead atoms. The Morgan fingerprint density at radius 1 is 1.11 bits per heavy atom. The Hall–Kier alpha value is -2.01. The zero-order valence-corrected chi connectivity index (χ0v) is 23.7. The van der Waals surface area contributed by atoms with Crippen molar-refractivity contribution in [3.63, 3.8) is 0 Å². The highest BCUT2D eigenvalue weighted by Gasteiger charge is 2.58. The molecule has 0 radical (unpaired) electrons. The lowest BCUT2D eigenvalue weighted by Crippen LogP contribution is -2.44. The van der Waals surface area contributed by atoms with Gasteiger partial charge in [0.25, 0.3) is 0 Å². The van der Waals surface area contributed by atoms with Crippen molar-refractivity contribution in [2.24, 2.45) is 5.92 Å². The normalized spacial score (nSPS) is 26.6. The fraction of sp³-hybridized carbons (Fsp3) is 0.654. The number of nitrogens with zero attached hydrogens (tertiary/aromatic N) is 4. The highest BCUT2D eigenvalue weighted by Crippen LogP contribution is 2.51. The summed E-state index contributed by atoms with van der Waals surface area (Å²) in [6, 6.07) is 3.94. The molecule has 5 atom stereocenters. The van der Waals surface area contributed by atoms with E-state index in [1.54, 1.807) is 6.07 Å².